The number of amides is 3. The second kappa shape index (κ2) is 16.7. The van der Waals surface area contributed by atoms with Crippen LogP contribution in [0.5, 0.6) is 0 Å². The van der Waals surface area contributed by atoms with Crippen molar-refractivity contribution in [2.45, 2.75) is 109 Å². The number of nitrogens with zero attached hydrogens (tertiary/aromatic N) is 4. The molecule has 2 saturated heterocycles. The number of primary amides is 1. The van der Waals surface area contributed by atoms with Crippen LogP contribution >= 0.6 is 0 Å². The number of nitrogens with two attached hydrogens (primary N) is 1. The van der Waals surface area contributed by atoms with Crippen molar-refractivity contribution in [1.29, 1.82) is 0 Å². The molecule has 0 bridgehead atoms. The van der Waals surface area contributed by atoms with Crippen molar-refractivity contribution >= 4 is 30.9 Å². The van der Waals surface area contributed by atoms with Gasteiger partial charge in [-0.05, 0) is 72.7 Å². The van der Waals surface area contributed by atoms with Gasteiger partial charge in [0, 0.05) is 33.2 Å². The minimum atomic E-state index is -1.20. The Morgan fingerprint density at radius 1 is 0.768 bits per heavy atom. The van der Waals surface area contributed by atoms with Gasteiger partial charge in [-0.2, -0.15) is 5.10 Å². The number of benzene rings is 4. The van der Waals surface area contributed by atoms with Gasteiger partial charge in [0.1, 0.15) is 18.9 Å². The molecule has 4 aromatic carbocycles. The maximum absolute atomic E-state index is 15.5. The van der Waals surface area contributed by atoms with E-state index in [9.17, 15) is 4.79 Å². The van der Waals surface area contributed by atoms with E-state index in [4.69, 9.17) is 19.9 Å². The fraction of sp³-hybridized carbons (Fsp3) is 0.400. The average molecular weight is 774 g/mol. The van der Waals surface area contributed by atoms with Crippen LogP contribution in [0.25, 0.3) is 10.9 Å². The van der Waals surface area contributed by atoms with Crippen LogP contribution < -0.4 is 5.73 Å². The molecule has 3 heterocycles. The topological polar surface area (TPSA) is 112 Å². The van der Waals surface area contributed by atoms with Crippen LogP contribution in [0.2, 0.25) is 25.7 Å². The van der Waals surface area contributed by atoms with Crippen molar-refractivity contribution in [3.05, 3.63) is 137 Å². The molecule has 10 nitrogen and oxygen atoms in total. The molecule has 294 valence electrons. The largest absolute Gasteiger partial charge is 0.369 e. The average Bonchev–Trinajstić information content (AvgIpc) is 3.70. The van der Waals surface area contributed by atoms with Gasteiger partial charge in [-0.25, -0.2) is 9.48 Å². The molecule has 2 aliphatic rings. The molecule has 5 aromatic rings. The highest BCUT2D eigenvalue weighted by Gasteiger charge is 2.55. The predicted octanol–water partition coefficient (Wildman–Crippen LogP) is 7.56. The normalized spacial score (nSPS) is 21.0. The molecular formula is C45H55N5O5Si. The van der Waals surface area contributed by atoms with Gasteiger partial charge in [-0.1, -0.05) is 111 Å². The van der Waals surface area contributed by atoms with Crippen LogP contribution in [0.4, 0.5) is 4.79 Å². The molecule has 11 heteroatoms. The summed E-state index contributed by atoms with van der Waals surface area (Å²) in [4.78, 5) is 31.4. The summed E-state index contributed by atoms with van der Waals surface area (Å²) in [6.07, 6.45) is 2.31. The standard InChI is InChI=1S/C45H55N5O5Si/c1-45(2)54-42-39(25-32-13-8-6-9-14-32)48(29-35-18-12-17-34(23-35)27-41(46)51)44(52)49(40(43(42)55-45)26-33-15-10-7-11-16-33)30-36-19-20-38-37(24-36)28-47-50(38)31-53-21-22-56(3,4)5/h6-20,23-24,28,39-40,42-43H,21-22,25-27,29-31H2,1-5H3,(H2,46,51)/t39-,40-,42+,43+/m1/s1. The summed E-state index contributed by atoms with van der Waals surface area (Å²) in [5.41, 5.74) is 11.5. The monoisotopic (exact) mass is 773 g/mol. The first kappa shape index (κ1) is 39.4. The molecule has 3 amide bonds. The molecule has 7 rings (SSSR count). The molecule has 0 radical (unpaired) electrons. The summed E-state index contributed by atoms with van der Waals surface area (Å²) < 4.78 is 21.7. The van der Waals surface area contributed by atoms with Crippen molar-refractivity contribution in [1.82, 2.24) is 19.6 Å². The van der Waals surface area contributed by atoms with E-state index >= 15 is 4.79 Å². The van der Waals surface area contributed by atoms with Crippen molar-refractivity contribution in [3.8, 4) is 0 Å². The van der Waals surface area contributed by atoms with Gasteiger partial charge in [-0.15, -0.1) is 0 Å². The summed E-state index contributed by atoms with van der Waals surface area (Å²) in [5, 5.41) is 5.65. The van der Waals surface area contributed by atoms with Crippen LogP contribution in [-0.2, 0) is 58.1 Å². The number of urea groups is 1. The summed E-state index contributed by atoms with van der Waals surface area (Å²) in [7, 11) is -1.20. The number of hydrogen-bond acceptors (Lipinski definition) is 6. The number of fused-ring (bicyclic) bond motifs is 2. The fourth-order valence-corrected chi connectivity index (χ4v) is 8.81. The Labute approximate surface area is 331 Å². The first-order valence-corrected chi connectivity index (χ1v) is 23.4. The summed E-state index contributed by atoms with van der Waals surface area (Å²) in [5.74, 6) is -1.27. The molecule has 2 N–H and O–H groups in total. The smallest absolute Gasteiger partial charge is 0.321 e. The zero-order valence-electron chi connectivity index (χ0n) is 33.3. The van der Waals surface area contributed by atoms with Crippen molar-refractivity contribution in [2.75, 3.05) is 6.61 Å². The van der Waals surface area contributed by atoms with Gasteiger partial charge in [0.05, 0.1) is 30.2 Å². The minimum absolute atomic E-state index is 0.0989. The van der Waals surface area contributed by atoms with Gasteiger partial charge < -0.3 is 29.7 Å². The van der Waals surface area contributed by atoms with E-state index in [0.717, 1.165) is 51.4 Å². The number of hydrogen-bond donors (Lipinski definition) is 1. The Bertz CT molecular complexity index is 2120. The molecular weight excluding hydrogens is 719 g/mol. The first-order chi connectivity index (χ1) is 26.8. The summed E-state index contributed by atoms with van der Waals surface area (Å²) in [6.45, 7) is 12.8. The van der Waals surface area contributed by atoms with Gasteiger partial charge in [0.2, 0.25) is 5.91 Å². The predicted molar refractivity (Wildman–Crippen MR) is 221 cm³/mol. The molecule has 0 unspecified atom stereocenters. The third-order valence-electron chi connectivity index (χ3n) is 10.8. The molecule has 2 aliphatic heterocycles. The van der Waals surface area contributed by atoms with E-state index in [0.29, 0.717) is 32.7 Å². The quantitative estimate of drug-likeness (QED) is 0.0869. The minimum Gasteiger partial charge on any atom is -0.369 e. The maximum atomic E-state index is 15.5. The highest BCUT2D eigenvalue weighted by Crippen LogP contribution is 2.40. The highest BCUT2D eigenvalue weighted by molar-refractivity contribution is 6.76. The number of rotatable bonds is 15. The third-order valence-corrected chi connectivity index (χ3v) is 12.5. The van der Waals surface area contributed by atoms with E-state index in [2.05, 4.69) is 67.2 Å². The number of aromatic nitrogens is 2. The van der Waals surface area contributed by atoms with Crippen LogP contribution in [0.15, 0.2) is 109 Å². The Morgan fingerprint density at radius 3 is 1.89 bits per heavy atom. The second-order valence-corrected chi connectivity index (χ2v) is 22.6. The lowest BCUT2D eigenvalue weighted by atomic mass is 9.91. The Hall–Kier alpha value is -4.81. The zero-order valence-corrected chi connectivity index (χ0v) is 34.3. The number of carbonyl (C=O) groups excluding carboxylic acids is 2. The summed E-state index contributed by atoms with van der Waals surface area (Å²) in [6, 6.07) is 35.0. The van der Waals surface area contributed by atoms with E-state index in [1.165, 1.54) is 0 Å². The Balaban J connectivity index is 1.28. The Kier molecular flexibility index (Phi) is 11.8. The van der Waals surface area contributed by atoms with E-state index < -0.39 is 32.0 Å². The van der Waals surface area contributed by atoms with Gasteiger partial charge in [-0.3, -0.25) is 4.79 Å². The second-order valence-electron chi connectivity index (χ2n) is 17.0. The fourth-order valence-electron chi connectivity index (χ4n) is 8.05. The lowest BCUT2D eigenvalue weighted by Crippen LogP contribution is -2.51. The van der Waals surface area contributed by atoms with Gasteiger partial charge >= 0.3 is 6.03 Å². The van der Waals surface area contributed by atoms with Crippen molar-refractivity contribution in [3.63, 3.8) is 0 Å². The van der Waals surface area contributed by atoms with E-state index in [1.54, 1.807) is 0 Å². The van der Waals surface area contributed by atoms with Gasteiger partial charge in [0.25, 0.3) is 0 Å². The SMILES string of the molecule is CC1(C)O[C@@H]2[C@@H](O1)[C@@H](Cc1ccccc1)N(Cc1ccc3c(cnn3COCC[Si](C)(C)C)c1)C(=O)N(Cc1cccc(CC(N)=O)c1)[C@@H]2Cc1ccccc1. The Morgan fingerprint density at radius 2 is 1.32 bits per heavy atom. The molecule has 0 spiro atoms. The zero-order chi connectivity index (χ0) is 39.5. The van der Waals surface area contributed by atoms with Crippen LogP contribution in [0.3, 0.4) is 0 Å². The molecule has 4 atom stereocenters. The number of ether oxygens (including phenoxy) is 3. The lowest BCUT2D eigenvalue weighted by Gasteiger charge is -2.37. The van der Waals surface area contributed by atoms with Crippen LogP contribution in [0.1, 0.15) is 41.7 Å². The molecule has 2 fully saturated rings. The van der Waals surface area contributed by atoms with E-state index in [1.807, 2.05) is 95.2 Å². The maximum Gasteiger partial charge on any atom is 0.321 e. The molecule has 1 aromatic heterocycles. The molecule has 56 heavy (non-hydrogen) atoms. The summed E-state index contributed by atoms with van der Waals surface area (Å²) >= 11 is 0. The lowest BCUT2D eigenvalue weighted by molar-refractivity contribution is -0.157. The molecule has 0 saturated carbocycles. The molecule has 0 aliphatic carbocycles. The third kappa shape index (κ3) is 9.58. The first-order valence-electron chi connectivity index (χ1n) is 19.7. The van der Waals surface area contributed by atoms with Crippen LogP contribution in [0, 0.1) is 0 Å². The van der Waals surface area contributed by atoms with Crippen LogP contribution in [-0.4, -0.2) is 76.3 Å². The van der Waals surface area contributed by atoms with Gasteiger partial charge in [0.15, 0.2) is 5.79 Å². The van der Waals surface area contributed by atoms with E-state index in [-0.39, 0.29) is 24.5 Å². The van der Waals surface area contributed by atoms with Crippen molar-refractivity contribution in [2.24, 2.45) is 5.73 Å². The number of carbonyl (C=O) groups is 2. The highest BCUT2D eigenvalue weighted by atomic mass is 28.3. The van der Waals surface area contributed by atoms with Crippen molar-refractivity contribution < 1.29 is 23.8 Å².